The molecule has 0 saturated heterocycles. The van der Waals surface area contributed by atoms with Gasteiger partial charge in [0.05, 0.1) is 6.61 Å². The van der Waals surface area contributed by atoms with Crippen molar-refractivity contribution in [2.45, 2.75) is 96.5 Å². The van der Waals surface area contributed by atoms with Crippen LogP contribution in [0.1, 0.15) is 111 Å². The summed E-state index contributed by atoms with van der Waals surface area (Å²) < 4.78 is 5.84. The molecule has 4 heteroatoms. The molecule has 186 valence electrons. The average Bonchev–Trinajstić information content (AvgIpc) is 2.86. The highest BCUT2D eigenvalue weighted by molar-refractivity contribution is 6.09. The highest BCUT2D eigenvalue weighted by atomic mass is 16.5. The summed E-state index contributed by atoms with van der Waals surface area (Å²) in [4.78, 5) is 23.3. The monoisotopic (exact) mass is 465 g/mol. The first-order chi connectivity index (χ1) is 16.7. The van der Waals surface area contributed by atoms with E-state index in [0.717, 1.165) is 31.4 Å². The number of benzene rings is 2. The Balaban J connectivity index is 1.41. The van der Waals surface area contributed by atoms with Crippen LogP contribution in [-0.2, 0) is 16.1 Å². The van der Waals surface area contributed by atoms with Crippen molar-refractivity contribution in [2.75, 3.05) is 6.61 Å². The molecule has 2 aromatic carbocycles. The van der Waals surface area contributed by atoms with E-state index in [2.05, 4.69) is 0 Å². The Morgan fingerprint density at radius 3 is 1.74 bits per heavy atom. The first-order valence-electron chi connectivity index (χ1n) is 13.2. The van der Waals surface area contributed by atoms with E-state index in [-0.39, 0.29) is 11.7 Å². The second-order valence-corrected chi connectivity index (χ2v) is 9.26. The van der Waals surface area contributed by atoms with Crippen LogP contribution < -0.4 is 5.73 Å². The minimum absolute atomic E-state index is 0.0551. The van der Waals surface area contributed by atoms with Crippen molar-refractivity contribution in [2.24, 2.45) is 5.73 Å². The summed E-state index contributed by atoms with van der Waals surface area (Å²) >= 11 is 0. The lowest BCUT2D eigenvalue weighted by atomic mass is 10.0. The van der Waals surface area contributed by atoms with Gasteiger partial charge in [0, 0.05) is 24.2 Å². The van der Waals surface area contributed by atoms with Gasteiger partial charge in [0.2, 0.25) is 5.91 Å². The summed E-state index contributed by atoms with van der Waals surface area (Å²) in [5, 5.41) is 0. The summed E-state index contributed by atoms with van der Waals surface area (Å²) in [6.07, 6.45) is 16.7. The lowest BCUT2D eigenvalue weighted by Crippen LogP contribution is -2.09. The Bertz CT molecular complexity index is 819. The van der Waals surface area contributed by atoms with Gasteiger partial charge in [-0.25, -0.2) is 0 Å². The van der Waals surface area contributed by atoms with Crippen LogP contribution in [-0.4, -0.2) is 18.3 Å². The topological polar surface area (TPSA) is 69.4 Å². The van der Waals surface area contributed by atoms with E-state index in [4.69, 9.17) is 10.5 Å². The van der Waals surface area contributed by atoms with Crippen molar-refractivity contribution in [3.8, 4) is 0 Å². The largest absolute Gasteiger partial charge is 0.377 e. The van der Waals surface area contributed by atoms with Gasteiger partial charge in [-0.3, -0.25) is 9.59 Å². The number of amides is 1. The maximum Gasteiger partial charge on any atom is 0.217 e. The molecule has 2 aromatic rings. The van der Waals surface area contributed by atoms with E-state index in [1.807, 2.05) is 54.6 Å². The third kappa shape index (κ3) is 12.7. The highest BCUT2D eigenvalue weighted by Crippen LogP contribution is 2.14. The molecule has 34 heavy (non-hydrogen) atoms. The first-order valence-corrected chi connectivity index (χ1v) is 13.2. The van der Waals surface area contributed by atoms with E-state index < -0.39 is 0 Å². The Morgan fingerprint density at radius 1 is 0.618 bits per heavy atom. The number of unbranched alkanes of at least 4 members (excludes halogenated alkanes) is 12. The van der Waals surface area contributed by atoms with E-state index in [1.165, 1.54) is 64.2 Å². The number of carbonyl (C=O) groups excluding carboxylic acids is 2. The SMILES string of the molecule is NC(=O)CCCCCCCCCCCCCCCOCc1cccc(C(=O)c2ccccc2)c1. The molecule has 0 saturated carbocycles. The van der Waals surface area contributed by atoms with Gasteiger partial charge in [-0.2, -0.15) is 0 Å². The zero-order valence-corrected chi connectivity index (χ0v) is 20.8. The molecule has 4 nitrogen and oxygen atoms in total. The Hall–Kier alpha value is -2.46. The summed E-state index contributed by atoms with van der Waals surface area (Å²) in [7, 11) is 0. The van der Waals surface area contributed by atoms with Crippen LogP contribution in [0, 0.1) is 0 Å². The fourth-order valence-corrected chi connectivity index (χ4v) is 4.20. The minimum Gasteiger partial charge on any atom is -0.377 e. The van der Waals surface area contributed by atoms with E-state index >= 15 is 0 Å². The number of carbonyl (C=O) groups is 2. The van der Waals surface area contributed by atoms with Crippen molar-refractivity contribution in [1.29, 1.82) is 0 Å². The van der Waals surface area contributed by atoms with E-state index in [0.29, 0.717) is 24.2 Å². The van der Waals surface area contributed by atoms with Gasteiger partial charge < -0.3 is 10.5 Å². The van der Waals surface area contributed by atoms with Crippen molar-refractivity contribution in [3.63, 3.8) is 0 Å². The average molecular weight is 466 g/mol. The molecule has 0 aliphatic carbocycles. The molecule has 0 aliphatic rings. The maximum absolute atomic E-state index is 12.6. The smallest absolute Gasteiger partial charge is 0.217 e. The van der Waals surface area contributed by atoms with E-state index in [9.17, 15) is 9.59 Å². The van der Waals surface area contributed by atoms with Crippen LogP contribution in [0.2, 0.25) is 0 Å². The standard InChI is InChI=1S/C30H43NO3/c31-29(32)22-15-10-8-6-4-2-1-3-5-7-9-11-16-23-34-25-26-18-17-21-28(24-26)30(33)27-19-13-12-14-20-27/h12-14,17-21,24H,1-11,15-16,22-23,25H2,(H2,31,32). The molecule has 0 fully saturated rings. The van der Waals surface area contributed by atoms with Gasteiger partial charge >= 0.3 is 0 Å². The molecule has 2 rings (SSSR count). The normalized spacial score (nSPS) is 10.9. The molecule has 0 aromatic heterocycles. The van der Waals surface area contributed by atoms with Gasteiger partial charge in [-0.1, -0.05) is 119 Å². The zero-order valence-electron chi connectivity index (χ0n) is 20.8. The summed E-state index contributed by atoms with van der Waals surface area (Å²) in [5.74, 6) is -0.119. The van der Waals surface area contributed by atoms with Crippen molar-refractivity contribution >= 4 is 11.7 Å². The second-order valence-electron chi connectivity index (χ2n) is 9.26. The predicted molar refractivity (Wildman–Crippen MR) is 140 cm³/mol. The summed E-state index contributed by atoms with van der Waals surface area (Å²) in [5.41, 5.74) is 7.63. The Kier molecular flexibility index (Phi) is 14.7. The molecule has 0 aliphatic heterocycles. The van der Waals surface area contributed by atoms with Crippen molar-refractivity contribution in [1.82, 2.24) is 0 Å². The van der Waals surface area contributed by atoms with Crippen LogP contribution in [0.25, 0.3) is 0 Å². The van der Waals surface area contributed by atoms with E-state index in [1.54, 1.807) is 0 Å². The summed E-state index contributed by atoms with van der Waals surface area (Å²) in [6, 6.07) is 17.2. The Labute approximate surface area is 206 Å². The van der Waals surface area contributed by atoms with Crippen LogP contribution in [0.4, 0.5) is 0 Å². The quantitative estimate of drug-likeness (QED) is 0.164. The number of ketones is 1. The third-order valence-electron chi connectivity index (χ3n) is 6.21. The van der Waals surface area contributed by atoms with Crippen molar-refractivity contribution in [3.05, 3.63) is 71.3 Å². The number of hydrogen-bond acceptors (Lipinski definition) is 3. The van der Waals surface area contributed by atoms with Crippen LogP contribution in [0.5, 0.6) is 0 Å². The number of ether oxygens (including phenoxy) is 1. The minimum atomic E-state index is -0.174. The zero-order chi connectivity index (χ0) is 24.3. The number of primary amides is 1. The fourth-order valence-electron chi connectivity index (χ4n) is 4.20. The molecule has 0 atom stereocenters. The molecule has 0 unspecified atom stereocenters. The van der Waals surface area contributed by atoms with Gasteiger partial charge in [-0.05, 0) is 24.5 Å². The molecular weight excluding hydrogens is 422 g/mol. The molecule has 2 N–H and O–H groups in total. The van der Waals surface area contributed by atoms with Crippen molar-refractivity contribution < 1.29 is 14.3 Å². The van der Waals surface area contributed by atoms with Gasteiger partial charge in [0.25, 0.3) is 0 Å². The van der Waals surface area contributed by atoms with Crippen LogP contribution in [0.15, 0.2) is 54.6 Å². The lowest BCUT2D eigenvalue weighted by Gasteiger charge is -2.07. The van der Waals surface area contributed by atoms with Gasteiger partial charge in [0.15, 0.2) is 5.78 Å². The third-order valence-corrected chi connectivity index (χ3v) is 6.21. The molecule has 0 bridgehead atoms. The highest BCUT2D eigenvalue weighted by Gasteiger charge is 2.08. The first kappa shape index (κ1) is 27.8. The summed E-state index contributed by atoms with van der Waals surface area (Å²) in [6.45, 7) is 1.33. The maximum atomic E-state index is 12.6. The van der Waals surface area contributed by atoms with Crippen LogP contribution in [0.3, 0.4) is 0 Å². The van der Waals surface area contributed by atoms with Gasteiger partial charge in [-0.15, -0.1) is 0 Å². The molecule has 0 spiro atoms. The fraction of sp³-hybridized carbons (Fsp3) is 0.533. The molecule has 0 radical (unpaired) electrons. The second kappa shape index (κ2) is 17.9. The van der Waals surface area contributed by atoms with Crippen LogP contribution >= 0.6 is 0 Å². The Morgan fingerprint density at radius 2 is 1.15 bits per heavy atom. The molecule has 0 heterocycles. The molecule has 1 amide bonds. The predicted octanol–water partition coefficient (Wildman–Crippen LogP) is 7.38. The number of rotatable bonds is 20. The van der Waals surface area contributed by atoms with Gasteiger partial charge in [0.1, 0.15) is 0 Å². The molecular formula is C30H43NO3. The number of hydrogen-bond donors (Lipinski definition) is 1. The lowest BCUT2D eigenvalue weighted by molar-refractivity contribution is -0.118. The number of nitrogens with two attached hydrogens (primary N) is 1.